The average Bonchev–Trinajstić information content (AvgIpc) is 2.54. The molecule has 1 aromatic carbocycles. The normalized spacial score (nSPS) is 12.0. The van der Waals surface area contributed by atoms with Crippen LogP contribution < -0.4 is 11.1 Å². The number of aliphatic carboxylic acids is 1. The molecule has 0 saturated carbocycles. The Balaban J connectivity index is 2.41. The highest BCUT2D eigenvalue weighted by Gasteiger charge is 2.21. The molecule has 0 aromatic heterocycles. The van der Waals surface area contributed by atoms with Crippen molar-refractivity contribution in [2.75, 3.05) is 24.7 Å². The van der Waals surface area contributed by atoms with E-state index in [1.807, 2.05) is 0 Å². The highest BCUT2D eigenvalue weighted by molar-refractivity contribution is 7.91. The van der Waals surface area contributed by atoms with Crippen molar-refractivity contribution in [2.45, 2.75) is 12.5 Å². The fourth-order valence-corrected chi connectivity index (χ4v) is 2.75. The van der Waals surface area contributed by atoms with Crippen LogP contribution in [0.1, 0.15) is 5.56 Å². The number of hydrogen-bond acceptors (Lipinski definition) is 7. The SMILES string of the molecule is NC(=O)OCCS(=O)(=O)CCOC(=O)NC(Cc1ccccc1)C(=O)O. The zero-order valence-corrected chi connectivity index (χ0v) is 14.6. The van der Waals surface area contributed by atoms with Gasteiger partial charge in [0.1, 0.15) is 19.3 Å². The largest absolute Gasteiger partial charge is 0.480 e. The lowest BCUT2D eigenvalue weighted by Gasteiger charge is -2.14. The first kappa shape index (κ1) is 21.2. The molecule has 0 radical (unpaired) electrons. The highest BCUT2D eigenvalue weighted by Crippen LogP contribution is 2.04. The molecular weight excluding hydrogens is 368 g/mol. The van der Waals surface area contributed by atoms with Crippen LogP contribution in [0.4, 0.5) is 9.59 Å². The van der Waals surface area contributed by atoms with Crippen LogP contribution in [0, 0.1) is 0 Å². The summed E-state index contributed by atoms with van der Waals surface area (Å²) in [5, 5.41) is 11.3. The number of nitrogens with two attached hydrogens (primary N) is 1. The third-order valence-electron chi connectivity index (χ3n) is 3.14. The van der Waals surface area contributed by atoms with Crippen LogP contribution in [0.3, 0.4) is 0 Å². The van der Waals surface area contributed by atoms with Crippen molar-refractivity contribution >= 4 is 28.0 Å². The maximum atomic E-state index is 11.7. The van der Waals surface area contributed by atoms with Gasteiger partial charge in [0.05, 0.1) is 11.5 Å². The van der Waals surface area contributed by atoms with E-state index in [4.69, 9.17) is 15.6 Å². The third-order valence-corrected chi connectivity index (χ3v) is 4.72. The number of hydrogen-bond donors (Lipinski definition) is 3. The molecule has 0 spiro atoms. The molecule has 10 nitrogen and oxygen atoms in total. The van der Waals surface area contributed by atoms with Crippen LogP contribution in [0.2, 0.25) is 0 Å². The Morgan fingerprint density at radius 2 is 1.65 bits per heavy atom. The van der Waals surface area contributed by atoms with Crippen LogP contribution in [-0.2, 0) is 30.5 Å². The second kappa shape index (κ2) is 10.2. The first-order valence-electron chi connectivity index (χ1n) is 7.52. The number of primary amides is 1. The average molecular weight is 388 g/mol. The molecule has 1 atom stereocenters. The number of carbonyl (C=O) groups is 3. The van der Waals surface area contributed by atoms with Crippen LogP contribution >= 0.6 is 0 Å². The molecule has 1 rings (SSSR count). The van der Waals surface area contributed by atoms with Gasteiger partial charge in [0.25, 0.3) is 0 Å². The minimum absolute atomic E-state index is 0.0496. The Morgan fingerprint density at radius 3 is 2.19 bits per heavy atom. The minimum Gasteiger partial charge on any atom is -0.480 e. The lowest BCUT2D eigenvalue weighted by molar-refractivity contribution is -0.139. The number of alkyl carbamates (subject to hydrolysis) is 1. The Kier molecular flexibility index (Phi) is 8.35. The van der Waals surface area contributed by atoms with E-state index in [9.17, 15) is 22.8 Å². The van der Waals surface area contributed by atoms with Gasteiger partial charge >= 0.3 is 18.2 Å². The van der Waals surface area contributed by atoms with Crippen LogP contribution in [0.5, 0.6) is 0 Å². The zero-order chi connectivity index (χ0) is 19.6. The molecule has 0 bridgehead atoms. The van der Waals surface area contributed by atoms with Gasteiger partial charge in [-0.3, -0.25) is 0 Å². The molecule has 144 valence electrons. The molecule has 0 aliphatic heterocycles. The van der Waals surface area contributed by atoms with Crippen molar-refractivity contribution in [1.82, 2.24) is 5.32 Å². The van der Waals surface area contributed by atoms with Crippen LogP contribution in [0.15, 0.2) is 30.3 Å². The number of carboxylic acids is 1. The van der Waals surface area contributed by atoms with Gasteiger partial charge in [0, 0.05) is 6.42 Å². The quantitative estimate of drug-likeness (QED) is 0.501. The van der Waals surface area contributed by atoms with E-state index in [1.165, 1.54) is 0 Å². The summed E-state index contributed by atoms with van der Waals surface area (Å²) < 4.78 is 32.3. The third kappa shape index (κ3) is 8.87. The molecular formula is C15H20N2O8S. The molecule has 0 aliphatic rings. The molecule has 11 heteroatoms. The molecule has 0 aliphatic carbocycles. The Labute approximate surface area is 150 Å². The minimum atomic E-state index is -3.62. The van der Waals surface area contributed by atoms with Gasteiger partial charge in [-0.2, -0.15) is 0 Å². The Morgan fingerprint density at radius 1 is 1.08 bits per heavy atom. The van der Waals surface area contributed by atoms with Gasteiger partial charge in [-0.15, -0.1) is 0 Å². The summed E-state index contributed by atoms with van der Waals surface area (Å²) in [5.74, 6) is -2.21. The lowest BCUT2D eigenvalue weighted by Crippen LogP contribution is -2.43. The molecule has 0 heterocycles. The van der Waals surface area contributed by atoms with Gasteiger partial charge < -0.3 is 25.6 Å². The first-order chi connectivity index (χ1) is 12.2. The maximum absolute atomic E-state index is 11.7. The molecule has 1 aromatic rings. The van der Waals surface area contributed by atoms with E-state index in [2.05, 4.69) is 10.1 Å². The van der Waals surface area contributed by atoms with Gasteiger partial charge in [0.2, 0.25) is 0 Å². The van der Waals surface area contributed by atoms with E-state index < -0.39 is 58.8 Å². The summed E-state index contributed by atoms with van der Waals surface area (Å²) in [7, 11) is -3.62. The number of rotatable bonds is 10. The standard InChI is InChI=1S/C15H20N2O8S/c16-14(20)24-6-8-26(22,23)9-7-25-15(21)17-12(13(18)19)10-11-4-2-1-3-5-11/h1-5,12H,6-10H2,(H2,16,20)(H,17,21)(H,18,19). The number of nitrogens with one attached hydrogen (secondary N) is 1. The predicted octanol–water partition coefficient (Wildman–Crippen LogP) is -0.0814. The predicted molar refractivity (Wildman–Crippen MR) is 90.2 cm³/mol. The van der Waals surface area contributed by atoms with Gasteiger partial charge in [-0.25, -0.2) is 22.8 Å². The molecule has 4 N–H and O–H groups in total. The van der Waals surface area contributed by atoms with Crippen molar-refractivity contribution in [3.63, 3.8) is 0 Å². The monoisotopic (exact) mass is 388 g/mol. The molecule has 0 fully saturated rings. The summed E-state index contributed by atoms with van der Waals surface area (Å²) in [4.78, 5) is 33.2. The Bertz CT molecular complexity index is 720. The van der Waals surface area contributed by atoms with Crippen LogP contribution in [0.25, 0.3) is 0 Å². The van der Waals surface area contributed by atoms with Crippen molar-refractivity contribution in [1.29, 1.82) is 0 Å². The van der Waals surface area contributed by atoms with Crippen molar-refractivity contribution in [3.05, 3.63) is 35.9 Å². The van der Waals surface area contributed by atoms with Gasteiger partial charge in [-0.05, 0) is 5.56 Å². The zero-order valence-electron chi connectivity index (χ0n) is 13.8. The maximum Gasteiger partial charge on any atom is 0.407 e. The van der Waals surface area contributed by atoms with Crippen molar-refractivity contribution in [2.24, 2.45) is 5.73 Å². The number of amides is 2. The van der Waals surface area contributed by atoms with E-state index >= 15 is 0 Å². The summed E-state index contributed by atoms with van der Waals surface area (Å²) in [6.07, 6.45) is -2.08. The summed E-state index contributed by atoms with van der Waals surface area (Å²) in [5.41, 5.74) is 5.41. The van der Waals surface area contributed by atoms with E-state index in [0.717, 1.165) is 0 Å². The summed E-state index contributed by atoms with van der Waals surface area (Å²) in [6.45, 7) is -0.871. The smallest absolute Gasteiger partial charge is 0.407 e. The summed E-state index contributed by atoms with van der Waals surface area (Å²) in [6, 6.07) is 7.45. The van der Waals surface area contributed by atoms with Crippen molar-refractivity contribution in [3.8, 4) is 0 Å². The first-order valence-corrected chi connectivity index (χ1v) is 9.34. The van der Waals surface area contributed by atoms with E-state index in [1.54, 1.807) is 30.3 Å². The van der Waals surface area contributed by atoms with E-state index in [-0.39, 0.29) is 6.42 Å². The fraction of sp³-hybridized carbons (Fsp3) is 0.400. The van der Waals surface area contributed by atoms with Gasteiger partial charge in [-0.1, -0.05) is 30.3 Å². The Hall–Kier alpha value is -2.82. The second-order valence-electron chi connectivity index (χ2n) is 5.18. The molecule has 1 unspecified atom stereocenters. The molecule has 2 amide bonds. The fourth-order valence-electron chi connectivity index (χ4n) is 1.87. The highest BCUT2D eigenvalue weighted by atomic mass is 32.2. The lowest BCUT2D eigenvalue weighted by atomic mass is 10.1. The van der Waals surface area contributed by atoms with Crippen molar-refractivity contribution < 1.29 is 37.4 Å². The van der Waals surface area contributed by atoms with E-state index in [0.29, 0.717) is 5.56 Å². The molecule has 26 heavy (non-hydrogen) atoms. The number of ether oxygens (including phenoxy) is 2. The van der Waals surface area contributed by atoms with Gasteiger partial charge in [0.15, 0.2) is 9.84 Å². The number of benzene rings is 1. The number of carbonyl (C=O) groups excluding carboxylic acids is 2. The number of carboxylic acid groups (broad SMARTS) is 1. The topological polar surface area (TPSA) is 162 Å². The number of sulfone groups is 1. The summed E-state index contributed by atoms with van der Waals surface area (Å²) >= 11 is 0. The van der Waals surface area contributed by atoms with Crippen LogP contribution in [-0.4, -0.2) is 62.4 Å². The second-order valence-corrected chi connectivity index (χ2v) is 7.48. The molecule has 0 saturated heterocycles.